The van der Waals surface area contributed by atoms with Crippen molar-refractivity contribution >= 4 is 28.3 Å². The number of aryl methyl sites for hydroxylation is 2. The number of aromatic hydroxyl groups is 1. The molecule has 7 heteroatoms. The average Bonchev–Trinajstić information content (AvgIpc) is 3.40. The number of ether oxygens (including phenoxy) is 1. The summed E-state index contributed by atoms with van der Waals surface area (Å²) < 4.78 is 6.21. The Morgan fingerprint density at radius 1 is 1.27 bits per heavy atom. The van der Waals surface area contributed by atoms with Gasteiger partial charge in [0.1, 0.15) is 11.9 Å². The fraction of sp³-hybridized carbons (Fsp3) is 0.633. The number of amides is 1. The summed E-state index contributed by atoms with van der Waals surface area (Å²) in [5.41, 5.74) is 2.60. The quantitative estimate of drug-likeness (QED) is 0.373. The first-order valence-electron chi connectivity index (χ1n) is 14.0. The van der Waals surface area contributed by atoms with Gasteiger partial charge in [0.15, 0.2) is 5.13 Å². The van der Waals surface area contributed by atoms with Gasteiger partial charge in [0.2, 0.25) is 5.91 Å². The molecule has 0 spiro atoms. The monoisotopic (exact) mass is 524 g/mol. The van der Waals surface area contributed by atoms with Crippen LogP contribution in [-0.4, -0.2) is 28.1 Å². The Bertz CT molecular complexity index is 1150. The summed E-state index contributed by atoms with van der Waals surface area (Å²) in [6.07, 6.45) is 10.3. The van der Waals surface area contributed by atoms with Crippen molar-refractivity contribution in [3.8, 4) is 5.75 Å². The van der Waals surface area contributed by atoms with Crippen LogP contribution in [0, 0.1) is 30.1 Å². The number of aromatic nitrogens is 1. The maximum atomic E-state index is 12.8. The van der Waals surface area contributed by atoms with Crippen molar-refractivity contribution in [2.45, 2.75) is 97.0 Å². The second kappa shape index (κ2) is 10.8. The van der Waals surface area contributed by atoms with Crippen molar-refractivity contribution in [1.29, 1.82) is 0 Å². The van der Waals surface area contributed by atoms with Crippen LogP contribution < -0.4 is 5.32 Å². The molecule has 1 aromatic heterocycles. The molecular formula is C30H40N2O4S. The minimum atomic E-state index is -0.0845. The highest BCUT2D eigenvalue weighted by atomic mass is 32.1. The van der Waals surface area contributed by atoms with E-state index in [9.17, 15) is 14.7 Å². The zero-order chi connectivity index (χ0) is 26.2. The van der Waals surface area contributed by atoms with Gasteiger partial charge in [0.05, 0.1) is 0 Å². The summed E-state index contributed by atoms with van der Waals surface area (Å²) in [6, 6.07) is 5.89. The molecule has 2 fully saturated rings. The standard InChI is InChI=1S/C30H40N2O4S/c1-4-5-6-27(35)36-25-16-20(8-12-26(34)32-29-31-17-18(2)37-29)28-24-10-7-19-15-21(33)9-11-22(19)23(24)13-14-30(25,28)3/h9,11,15,17,20,23-25,28,33H,4-8,10,12-14,16H2,1-3H3,(H,31,32,34)/t20-,23?,24?,25+,28?,30-/m1/s1. The van der Waals surface area contributed by atoms with Gasteiger partial charge in [-0.1, -0.05) is 26.3 Å². The molecular weight excluding hydrogens is 484 g/mol. The lowest BCUT2D eigenvalue weighted by Crippen LogP contribution is -2.46. The van der Waals surface area contributed by atoms with E-state index in [4.69, 9.17) is 4.74 Å². The first-order chi connectivity index (χ1) is 17.8. The molecule has 0 saturated heterocycles. The van der Waals surface area contributed by atoms with Crippen LogP contribution in [0.3, 0.4) is 0 Å². The smallest absolute Gasteiger partial charge is 0.306 e. The number of unbranched alkanes of at least 4 members (excludes halogenated alkanes) is 1. The number of phenolic OH excluding ortho intramolecular Hbond substituents is 1. The summed E-state index contributed by atoms with van der Waals surface area (Å²) in [6.45, 7) is 6.42. The normalized spacial score (nSPS) is 30.2. The maximum absolute atomic E-state index is 12.8. The molecule has 6 atom stereocenters. The molecule has 2 N–H and O–H groups in total. The number of esters is 1. The number of carbonyl (C=O) groups excluding carboxylic acids is 2. The number of thiazole rings is 1. The van der Waals surface area contributed by atoms with Gasteiger partial charge in [-0.15, -0.1) is 11.3 Å². The Morgan fingerprint density at radius 3 is 2.86 bits per heavy atom. The number of nitrogens with one attached hydrogen (secondary N) is 1. The van der Waals surface area contributed by atoms with E-state index in [1.807, 2.05) is 19.1 Å². The van der Waals surface area contributed by atoms with Crippen LogP contribution in [-0.2, 0) is 20.7 Å². The predicted molar refractivity (Wildman–Crippen MR) is 146 cm³/mol. The number of rotatable bonds is 8. The lowest BCUT2D eigenvalue weighted by Gasteiger charge is -2.51. The van der Waals surface area contributed by atoms with Crippen LogP contribution in [0.2, 0.25) is 0 Å². The minimum absolute atomic E-state index is 0.0104. The number of nitrogens with zero attached hydrogens (tertiary/aromatic N) is 1. The first kappa shape index (κ1) is 26.2. The number of carbonyl (C=O) groups is 2. The van der Waals surface area contributed by atoms with E-state index in [0.717, 1.165) is 56.2 Å². The van der Waals surface area contributed by atoms with Gasteiger partial charge in [-0.25, -0.2) is 4.98 Å². The minimum Gasteiger partial charge on any atom is -0.508 e. The van der Waals surface area contributed by atoms with E-state index in [1.165, 1.54) is 22.5 Å². The van der Waals surface area contributed by atoms with E-state index >= 15 is 0 Å². The van der Waals surface area contributed by atoms with Crippen molar-refractivity contribution in [2.75, 3.05) is 5.32 Å². The molecule has 200 valence electrons. The second-order valence-corrected chi connectivity index (χ2v) is 12.9. The van der Waals surface area contributed by atoms with E-state index in [1.54, 1.807) is 6.20 Å². The molecule has 3 aliphatic rings. The Kier molecular flexibility index (Phi) is 7.62. The highest BCUT2D eigenvalue weighted by molar-refractivity contribution is 7.15. The molecule has 0 bridgehead atoms. The molecule has 2 aromatic rings. The summed E-state index contributed by atoms with van der Waals surface area (Å²) in [5.74, 6) is 2.00. The molecule has 0 radical (unpaired) electrons. The van der Waals surface area contributed by atoms with Crippen molar-refractivity contribution in [3.05, 3.63) is 40.4 Å². The summed E-state index contributed by atoms with van der Waals surface area (Å²) in [7, 11) is 0. The summed E-state index contributed by atoms with van der Waals surface area (Å²) in [5, 5.41) is 13.7. The largest absolute Gasteiger partial charge is 0.508 e. The van der Waals surface area contributed by atoms with Gasteiger partial charge >= 0.3 is 5.97 Å². The molecule has 2 saturated carbocycles. The second-order valence-electron chi connectivity index (χ2n) is 11.7. The third kappa shape index (κ3) is 5.29. The number of hydrogen-bond acceptors (Lipinski definition) is 6. The van der Waals surface area contributed by atoms with Gasteiger partial charge in [-0.2, -0.15) is 0 Å². The number of benzene rings is 1. The maximum Gasteiger partial charge on any atom is 0.306 e. The topological polar surface area (TPSA) is 88.5 Å². The molecule has 3 aliphatic carbocycles. The highest BCUT2D eigenvalue weighted by Crippen LogP contribution is 2.64. The fourth-order valence-electron chi connectivity index (χ4n) is 7.73. The Labute approximate surface area is 224 Å². The van der Waals surface area contributed by atoms with E-state index < -0.39 is 0 Å². The van der Waals surface area contributed by atoms with E-state index in [0.29, 0.717) is 47.4 Å². The van der Waals surface area contributed by atoms with Crippen LogP contribution in [0.15, 0.2) is 24.4 Å². The van der Waals surface area contributed by atoms with Crippen molar-refractivity contribution in [2.24, 2.45) is 23.2 Å². The summed E-state index contributed by atoms with van der Waals surface area (Å²) in [4.78, 5) is 30.9. The molecule has 0 aliphatic heterocycles. The van der Waals surface area contributed by atoms with Gasteiger partial charge < -0.3 is 15.2 Å². The first-order valence-corrected chi connectivity index (χ1v) is 14.8. The predicted octanol–water partition coefficient (Wildman–Crippen LogP) is 6.76. The van der Waals surface area contributed by atoms with Crippen LogP contribution in [0.1, 0.15) is 93.6 Å². The lowest BCUT2D eigenvalue weighted by molar-refractivity contribution is -0.157. The van der Waals surface area contributed by atoms with Crippen molar-refractivity contribution in [3.63, 3.8) is 0 Å². The highest BCUT2D eigenvalue weighted by Gasteiger charge is 2.59. The molecule has 1 aromatic carbocycles. The van der Waals surface area contributed by atoms with Gasteiger partial charge in [-0.3, -0.25) is 9.59 Å². The molecule has 37 heavy (non-hydrogen) atoms. The van der Waals surface area contributed by atoms with Crippen molar-refractivity contribution < 1.29 is 19.4 Å². The van der Waals surface area contributed by atoms with Crippen LogP contribution in [0.5, 0.6) is 5.75 Å². The number of anilines is 1. The van der Waals surface area contributed by atoms with Gasteiger partial charge in [0.25, 0.3) is 0 Å². The van der Waals surface area contributed by atoms with E-state index in [2.05, 4.69) is 30.2 Å². The fourth-order valence-corrected chi connectivity index (χ4v) is 8.41. The SMILES string of the molecule is CCCCC(=O)O[C@H]1C[C@@H](CCC(=O)Nc2ncc(C)s2)C2C3CCc4cc(O)ccc4C3CC[C@@]21C. The number of hydrogen-bond donors (Lipinski definition) is 2. The van der Waals surface area contributed by atoms with Gasteiger partial charge in [0, 0.05) is 29.3 Å². The van der Waals surface area contributed by atoms with E-state index in [-0.39, 0.29) is 23.4 Å². The molecule has 5 rings (SSSR count). The lowest BCUT2D eigenvalue weighted by atomic mass is 9.53. The molecule has 6 nitrogen and oxygen atoms in total. The number of fused-ring (bicyclic) bond motifs is 5. The van der Waals surface area contributed by atoms with Crippen LogP contribution in [0.25, 0.3) is 0 Å². The Morgan fingerprint density at radius 2 is 2.11 bits per heavy atom. The summed E-state index contributed by atoms with van der Waals surface area (Å²) >= 11 is 1.50. The van der Waals surface area contributed by atoms with Gasteiger partial charge in [-0.05, 0) is 98.8 Å². The average molecular weight is 525 g/mol. The molecule has 1 amide bonds. The zero-order valence-electron chi connectivity index (χ0n) is 22.3. The van der Waals surface area contributed by atoms with Crippen LogP contribution >= 0.6 is 11.3 Å². The third-order valence-corrected chi connectivity index (χ3v) is 10.2. The number of phenols is 1. The zero-order valence-corrected chi connectivity index (χ0v) is 23.1. The van der Waals surface area contributed by atoms with Crippen molar-refractivity contribution in [1.82, 2.24) is 4.98 Å². The third-order valence-electron chi connectivity index (χ3n) is 9.38. The molecule has 1 heterocycles. The van der Waals surface area contributed by atoms with Crippen LogP contribution in [0.4, 0.5) is 5.13 Å². The molecule has 3 unspecified atom stereocenters. The Balaban J connectivity index is 1.36. The Hall–Kier alpha value is -2.41.